The van der Waals surface area contributed by atoms with E-state index in [0.717, 1.165) is 5.92 Å². The van der Waals surface area contributed by atoms with Gasteiger partial charge in [0.05, 0.1) is 0 Å². The van der Waals surface area contributed by atoms with Crippen LogP contribution < -0.4 is 5.32 Å². The van der Waals surface area contributed by atoms with Crippen molar-refractivity contribution in [2.24, 2.45) is 5.92 Å². The zero-order valence-electron chi connectivity index (χ0n) is 12.8. The zero-order valence-corrected chi connectivity index (χ0v) is 12.8. The second kappa shape index (κ2) is 6.98. The Labute approximate surface area is 118 Å². The molecule has 0 radical (unpaired) electrons. The van der Waals surface area contributed by atoms with Gasteiger partial charge in [-0.15, -0.1) is 0 Å². The van der Waals surface area contributed by atoms with Gasteiger partial charge < -0.3 is 5.32 Å². The third kappa shape index (κ3) is 3.99. The molecule has 1 aromatic carbocycles. The molecule has 0 aliphatic heterocycles. The van der Waals surface area contributed by atoms with Crippen LogP contribution in [0.1, 0.15) is 70.8 Å². The summed E-state index contributed by atoms with van der Waals surface area (Å²) in [5, 5.41) is 3.73. The molecule has 0 saturated heterocycles. The van der Waals surface area contributed by atoms with Crippen LogP contribution in [0.25, 0.3) is 0 Å². The molecule has 3 unspecified atom stereocenters. The van der Waals surface area contributed by atoms with Gasteiger partial charge in [0, 0.05) is 11.7 Å². The third-order valence-electron chi connectivity index (χ3n) is 4.82. The number of benzene rings is 1. The maximum atomic E-state index is 3.73. The van der Waals surface area contributed by atoms with Gasteiger partial charge in [0.1, 0.15) is 0 Å². The lowest BCUT2D eigenvalue weighted by atomic mass is 9.84. The number of nitrogens with one attached hydrogen (secondary N) is 1. The van der Waals surface area contributed by atoms with Gasteiger partial charge in [-0.3, -0.25) is 0 Å². The van der Waals surface area contributed by atoms with Gasteiger partial charge in [0.2, 0.25) is 0 Å². The van der Waals surface area contributed by atoms with E-state index < -0.39 is 0 Å². The number of hydrogen-bond acceptors (Lipinski definition) is 1. The molecule has 1 nitrogen and oxygen atoms in total. The molecular formula is C18H29N. The highest BCUT2D eigenvalue weighted by Gasteiger charge is 2.20. The number of anilines is 1. The summed E-state index contributed by atoms with van der Waals surface area (Å²) in [5.41, 5.74) is 2.76. The first kappa shape index (κ1) is 14.4. The summed E-state index contributed by atoms with van der Waals surface area (Å²) in [5.74, 6) is 1.61. The fourth-order valence-electron chi connectivity index (χ4n) is 3.17. The van der Waals surface area contributed by atoms with Crippen LogP contribution in [0.4, 0.5) is 5.69 Å². The molecule has 0 bridgehead atoms. The molecular weight excluding hydrogens is 230 g/mol. The van der Waals surface area contributed by atoms with Gasteiger partial charge >= 0.3 is 0 Å². The van der Waals surface area contributed by atoms with Crippen LogP contribution in [0.3, 0.4) is 0 Å². The second-order valence-electron chi connectivity index (χ2n) is 6.21. The van der Waals surface area contributed by atoms with Crippen LogP contribution in [0.2, 0.25) is 0 Å². The first-order valence-electron chi connectivity index (χ1n) is 8.09. The molecule has 0 spiro atoms. The smallest absolute Gasteiger partial charge is 0.0342 e. The summed E-state index contributed by atoms with van der Waals surface area (Å²) in [6, 6.07) is 9.79. The van der Waals surface area contributed by atoms with Crippen molar-refractivity contribution < 1.29 is 0 Å². The molecule has 0 amide bonds. The minimum Gasteiger partial charge on any atom is -0.382 e. The molecule has 0 aromatic heterocycles. The Bertz CT molecular complexity index is 368. The molecule has 0 heterocycles. The van der Waals surface area contributed by atoms with Crippen molar-refractivity contribution in [3.8, 4) is 0 Å². The van der Waals surface area contributed by atoms with Crippen LogP contribution in [-0.2, 0) is 0 Å². The Balaban J connectivity index is 1.92. The van der Waals surface area contributed by atoms with Gasteiger partial charge in [-0.25, -0.2) is 0 Å². The normalized spacial score (nSPS) is 25.0. The second-order valence-corrected chi connectivity index (χ2v) is 6.21. The molecule has 2 rings (SSSR count). The molecule has 1 heteroatoms. The summed E-state index contributed by atoms with van der Waals surface area (Å²) in [6.45, 7) is 6.88. The molecule has 1 fully saturated rings. The van der Waals surface area contributed by atoms with E-state index in [2.05, 4.69) is 50.4 Å². The third-order valence-corrected chi connectivity index (χ3v) is 4.82. The number of hydrogen-bond donors (Lipinski definition) is 1. The van der Waals surface area contributed by atoms with Crippen LogP contribution in [0, 0.1) is 5.92 Å². The molecule has 1 aromatic rings. The standard InChI is InChI=1S/C18H29N/c1-4-14(3)16-9-11-17(12-10-16)19-18-8-6-7-15(5-2)13-18/h9-12,14-15,18-19H,4-8,13H2,1-3H3. The molecule has 1 N–H and O–H groups in total. The van der Waals surface area contributed by atoms with Crippen LogP contribution in [0.5, 0.6) is 0 Å². The van der Waals surface area contributed by atoms with Crippen molar-refractivity contribution >= 4 is 5.69 Å². The van der Waals surface area contributed by atoms with Crippen molar-refractivity contribution in [3.63, 3.8) is 0 Å². The Kier molecular flexibility index (Phi) is 5.30. The summed E-state index contributed by atoms with van der Waals surface area (Å²) >= 11 is 0. The van der Waals surface area contributed by atoms with E-state index in [9.17, 15) is 0 Å². The lowest BCUT2D eigenvalue weighted by molar-refractivity contribution is 0.327. The summed E-state index contributed by atoms with van der Waals surface area (Å²) in [7, 11) is 0. The van der Waals surface area contributed by atoms with Crippen LogP contribution >= 0.6 is 0 Å². The van der Waals surface area contributed by atoms with Gasteiger partial charge in [-0.05, 0) is 48.8 Å². The fraction of sp³-hybridized carbons (Fsp3) is 0.667. The van der Waals surface area contributed by atoms with Crippen molar-refractivity contribution in [1.29, 1.82) is 0 Å². The van der Waals surface area contributed by atoms with Crippen molar-refractivity contribution in [3.05, 3.63) is 29.8 Å². The number of rotatable bonds is 5. The van der Waals surface area contributed by atoms with Gasteiger partial charge in [-0.2, -0.15) is 0 Å². The van der Waals surface area contributed by atoms with E-state index in [-0.39, 0.29) is 0 Å². The monoisotopic (exact) mass is 259 g/mol. The Hall–Kier alpha value is -0.980. The van der Waals surface area contributed by atoms with E-state index in [1.165, 1.54) is 49.8 Å². The summed E-state index contributed by atoms with van der Waals surface area (Å²) < 4.78 is 0. The first-order chi connectivity index (χ1) is 9.22. The molecule has 106 valence electrons. The average molecular weight is 259 g/mol. The summed E-state index contributed by atoms with van der Waals surface area (Å²) in [4.78, 5) is 0. The molecule has 1 aliphatic rings. The Morgan fingerprint density at radius 3 is 2.53 bits per heavy atom. The Morgan fingerprint density at radius 2 is 1.89 bits per heavy atom. The average Bonchev–Trinajstić information content (AvgIpc) is 2.47. The predicted molar refractivity (Wildman–Crippen MR) is 84.8 cm³/mol. The quantitative estimate of drug-likeness (QED) is 0.727. The maximum absolute atomic E-state index is 3.73. The SMILES string of the molecule is CCC1CCCC(Nc2ccc(C(C)CC)cc2)C1. The van der Waals surface area contributed by atoms with Crippen molar-refractivity contribution in [2.75, 3.05) is 5.32 Å². The van der Waals surface area contributed by atoms with E-state index >= 15 is 0 Å². The molecule has 19 heavy (non-hydrogen) atoms. The molecule has 1 saturated carbocycles. The highest BCUT2D eigenvalue weighted by atomic mass is 14.9. The minimum atomic E-state index is 0.674. The minimum absolute atomic E-state index is 0.674. The van der Waals surface area contributed by atoms with Crippen molar-refractivity contribution in [2.45, 2.75) is 71.3 Å². The van der Waals surface area contributed by atoms with Gasteiger partial charge in [0.25, 0.3) is 0 Å². The first-order valence-corrected chi connectivity index (χ1v) is 8.09. The largest absolute Gasteiger partial charge is 0.382 e. The van der Waals surface area contributed by atoms with E-state index in [1.54, 1.807) is 0 Å². The lowest BCUT2D eigenvalue weighted by Gasteiger charge is -2.30. The fourth-order valence-corrected chi connectivity index (χ4v) is 3.17. The van der Waals surface area contributed by atoms with E-state index in [0.29, 0.717) is 12.0 Å². The lowest BCUT2D eigenvalue weighted by Crippen LogP contribution is -2.27. The van der Waals surface area contributed by atoms with Gasteiger partial charge in [0.15, 0.2) is 0 Å². The maximum Gasteiger partial charge on any atom is 0.0342 e. The molecule has 3 atom stereocenters. The molecule has 1 aliphatic carbocycles. The summed E-state index contributed by atoms with van der Waals surface area (Å²) in [6.07, 6.45) is 8.06. The van der Waals surface area contributed by atoms with Crippen LogP contribution in [-0.4, -0.2) is 6.04 Å². The Morgan fingerprint density at radius 1 is 1.16 bits per heavy atom. The van der Waals surface area contributed by atoms with E-state index in [1.807, 2.05) is 0 Å². The topological polar surface area (TPSA) is 12.0 Å². The highest BCUT2D eigenvalue weighted by Crippen LogP contribution is 2.29. The van der Waals surface area contributed by atoms with E-state index in [4.69, 9.17) is 0 Å². The highest BCUT2D eigenvalue weighted by molar-refractivity contribution is 5.46. The zero-order chi connectivity index (χ0) is 13.7. The van der Waals surface area contributed by atoms with Crippen molar-refractivity contribution in [1.82, 2.24) is 0 Å². The predicted octanol–water partition coefficient (Wildman–Crippen LogP) is 5.58. The van der Waals surface area contributed by atoms with Crippen LogP contribution in [0.15, 0.2) is 24.3 Å². The van der Waals surface area contributed by atoms with Gasteiger partial charge in [-0.1, -0.05) is 52.2 Å².